The molecule has 4 heteroatoms. The number of aliphatic carboxylic acids is 2. The molecule has 12 heavy (non-hydrogen) atoms. The lowest BCUT2D eigenvalue weighted by atomic mass is 10.4. The monoisotopic (exact) mass is 170 g/mol. The molecule has 0 aliphatic rings. The van der Waals surface area contributed by atoms with Crippen molar-refractivity contribution in [3.63, 3.8) is 0 Å². The molecule has 0 aromatic heterocycles. The van der Waals surface area contributed by atoms with Gasteiger partial charge in [0.05, 0.1) is 11.9 Å². The highest BCUT2D eigenvalue weighted by Crippen LogP contribution is 1.73. The van der Waals surface area contributed by atoms with Crippen molar-refractivity contribution in [2.75, 3.05) is 0 Å². The minimum absolute atomic E-state index is 0.384. The number of carbonyl (C=O) groups excluding carboxylic acids is 2. The third kappa shape index (κ3) is 39.6. The van der Waals surface area contributed by atoms with Gasteiger partial charge < -0.3 is 19.8 Å². The number of rotatable bonds is 2. The maximum atomic E-state index is 9.41. The average molecular weight is 170 g/mol. The molecule has 0 aromatic rings. The molecule has 0 spiro atoms. The van der Waals surface area contributed by atoms with Gasteiger partial charge in [0.2, 0.25) is 0 Å². The number of carbonyl (C=O) groups is 2. The van der Waals surface area contributed by atoms with E-state index in [-0.39, 0.29) is 0 Å². The summed E-state index contributed by atoms with van der Waals surface area (Å²) in [6, 6.07) is 0. The Kier molecular flexibility index (Phi) is 8.18. The Balaban J connectivity index is 0. The third-order valence-electron chi connectivity index (χ3n) is 0.355. The van der Waals surface area contributed by atoms with E-state index in [1.165, 1.54) is 5.57 Å². The van der Waals surface area contributed by atoms with Crippen molar-refractivity contribution in [2.45, 2.75) is 13.8 Å². The summed E-state index contributed by atoms with van der Waals surface area (Å²) >= 11 is 0. The van der Waals surface area contributed by atoms with Gasteiger partial charge in [-0.15, -0.1) is 6.58 Å². The van der Waals surface area contributed by atoms with E-state index in [1.807, 2.05) is 13.8 Å². The van der Waals surface area contributed by atoms with Crippen LogP contribution in [-0.2, 0) is 9.59 Å². The number of hydrogen-bond donors (Lipinski definition) is 0. The number of allylic oxidation sites excluding steroid dienone is 1. The molecule has 0 aliphatic heterocycles. The Bertz CT molecular complexity index is 183. The Morgan fingerprint density at radius 2 is 1.25 bits per heavy atom. The van der Waals surface area contributed by atoms with Gasteiger partial charge >= 0.3 is 0 Å². The second-order valence-corrected chi connectivity index (χ2v) is 2.18. The van der Waals surface area contributed by atoms with E-state index in [4.69, 9.17) is 0 Å². The lowest BCUT2D eigenvalue weighted by Crippen LogP contribution is -2.23. The first kappa shape index (κ1) is 13.0. The van der Waals surface area contributed by atoms with Gasteiger partial charge in [0, 0.05) is 0 Å². The quantitative estimate of drug-likeness (QED) is 0.378. The van der Waals surface area contributed by atoms with Crippen LogP contribution in [0.2, 0.25) is 0 Å². The topological polar surface area (TPSA) is 80.3 Å². The standard InChI is InChI=1S/C4H4O4.C4H8/c5-3(6)1-2-4(7)8;1-4(2)3/h1-2H,(H,5,6)(H,7,8);1H2,2-3H3/p-2/b2-1+;. The molecule has 0 amide bonds. The highest BCUT2D eigenvalue weighted by molar-refractivity contribution is 5.87. The predicted octanol–water partition coefficient (Wildman–Crippen LogP) is -1.38. The molecule has 0 saturated heterocycles. The van der Waals surface area contributed by atoms with Crippen LogP contribution in [0.3, 0.4) is 0 Å². The van der Waals surface area contributed by atoms with E-state index in [9.17, 15) is 19.8 Å². The van der Waals surface area contributed by atoms with E-state index < -0.39 is 11.9 Å². The SMILES string of the molecule is C=C(C)C.O=C([O-])/C=C/C(=O)[O-]. The van der Waals surface area contributed by atoms with Gasteiger partial charge in [-0.05, 0) is 26.0 Å². The minimum atomic E-state index is -1.55. The largest absolute Gasteiger partial charge is 0.545 e. The second-order valence-electron chi connectivity index (χ2n) is 2.18. The Labute approximate surface area is 70.8 Å². The van der Waals surface area contributed by atoms with Crippen LogP contribution in [0.5, 0.6) is 0 Å². The normalized spacial score (nSPS) is 8.50. The van der Waals surface area contributed by atoms with Crippen molar-refractivity contribution in [3.8, 4) is 0 Å². The van der Waals surface area contributed by atoms with Crippen molar-refractivity contribution in [2.24, 2.45) is 0 Å². The number of carboxylic acids is 2. The second kappa shape index (κ2) is 7.53. The number of hydrogen-bond acceptors (Lipinski definition) is 4. The molecule has 0 aromatic carbocycles. The molecule has 0 N–H and O–H groups in total. The fraction of sp³-hybridized carbons (Fsp3) is 0.250. The maximum Gasteiger partial charge on any atom is 0.0643 e. The summed E-state index contributed by atoms with van der Waals surface area (Å²) in [5.74, 6) is -3.09. The molecule has 0 atom stereocenters. The zero-order chi connectivity index (χ0) is 10.1. The zero-order valence-electron chi connectivity index (χ0n) is 6.99. The Morgan fingerprint density at radius 1 is 1.08 bits per heavy atom. The van der Waals surface area contributed by atoms with Crippen molar-refractivity contribution < 1.29 is 19.8 Å². The van der Waals surface area contributed by atoms with Gasteiger partial charge in [-0.3, -0.25) is 0 Å². The smallest absolute Gasteiger partial charge is 0.0643 e. The molecule has 4 nitrogen and oxygen atoms in total. The molecule has 0 saturated carbocycles. The fourth-order valence-electron chi connectivity index (χ4n) is 0.136. The molecule has 0 unspecified atom stereocenters. The van der Waals surface area contributed by atoms with Crippen LogP contribution in [-0.4, -0.2) is 11.9 Å². The van der Waals surface area contributed by atoms with Crippen LogP contribution < -0.4 is 10.2 Å². The first-order valence-corrected chi connectivity index (χ1v) is 3.08. The molecule has 0 rings (SSSR count). The van der Waals surface area contributed by atoms with Crippen molar-refractivity contribution in [1.29, 1.82) is 0 Å². The molecular formula is C8H10O4-2. The Hall–Kier alpha value is -1.58. The Morgan fingerprint density at radius 3 is 1.33 bits per heavy atom. The van der Waals surface area contributed by atoms with Crippen LogP contribution in [0, 0.1) is 0 Å². The first-order chi connectivity index (χ1) is 5.36. The first-order valence-electron chi connectivity index (χ1n) is 3.08. The van der Waals surface area contributed by atoms with Gasteiger partial charge in [0.25, 0.3) is 0 Å². The van der Waals surface area contributed by atoms with Crippen molar-refractivity contribution >= 4 is 11.9 Å². The highest BCUT2D eigenvalue weighted by Gasteiger charge is 1.71. The van der Waals surface area contributed by atoms with Gasteiger partial charge in [0.15, 0.2) is 0 Å². The van der Waals surface area contributed by atoms with Crippen LogP contribution in [0.1, 0.15) is 13.8 Å². The molecule has 68 valence electrons. The van der Waals surface area contributed by atoms with E-state index in [1.54, 1.807) is 0 Å². The fourth-order valence-corrected chi connectivity index (χ4v) is 0.136. The molecule has 0 aliphatic carbocycles. The summed E-state index contributed by atoms with van der Waals surface area (Å²) < 4.78 is 0. The lowest BCUT2D eigenvalue weighted by molar-refractivity contribution is -0.301. The molecule has 0 radical (unpaired) electrons. The lowest BCUT2D eigenvalue weighted by Gasteiger charge is -1.90. The van der Waals surface area contributed by atoms with E-state index in [0.717, 1.165) is 0 Å². The molecular weight excluding hydrogens is 160 g/mol. The third-order valence-corrected chi connectivity index (χ3v) is 0.355. The predicted molar refractivity (Wildman–Crippen MR) is 39.6 cm³/mol. The summed E-state index contributed by atoms with van der Waals surface area (Å²) in [4.78, 5) is 18.8. The van der Waals surface area contributed by atoms with Crippen LogP contribution >= 0.6 is 0 Å². The van der Waals surface area contributed by atoms with Crippen molar-refractivity contribution in [3.05, 3.63) is 24.3 Å². The van der Waals surface area contributed by atoms with Gasteiger partial charge in [0.1, 0.15) is 0 Å². The van der Waals surface area contributed by atoms with E-state index in [0.29, 0.717) is 12.2 Å². The summed E-state index contributed by atoms with van der Waals surface area (Å²) in [6.07, 6.45) is 0.769. The minimum Gasteiger partial charge on any atom is -0.545 e. The summed E-state index contributed by atoms with van der Waals surface area (Å²) in [6.45, 7) is 7.50. The molecule has 0 bridgehead atoms. The molecule has 0 fully saturated rings. The summed E-state index contributed by atoms with van der Waals surface area (Å²) in [5.41, 5.74) is 1.17. The summed E-state index contributed by atoms with van der Waals surface area (Å²) in [7, 11) is 0. The summed E-state index contributed by atoms with van der Waals surface area (Å²) in [5, 5.41) is 18.8. The van der Waals surface area contributed by atoms with E-state index in [2.05, 4.69) is 6.58 Å². The maximum absolute atomic E-state index is 9.41. The van der Waals surface area contributed by atoms with Crippen LogP contribution in [0.4, 0.5) is 0 Å². The van der Waals surface area contributed by atoms with Gasteiger partial charge in [-0.1, -0.05) is 5.57 Å². The van der Waals surface area contributed by atoms with Crippen LogP contribution in [0.25, 0.3) is 0 Å². The van der Waals surface area contributed by atoms with E-state index >= 15 is 0 Å². The van der Waals surface area contributed by atoms with Gasteiger partial charge in [-0.25, -0.2) is 0 Å². The average Bonchev–Trinajstić information content (AvgIpc) is 1.82. The van der Waals surface area contributed by atoms with Crippen LogP contribution in [0.15, 0.2) is 24.3 Å². The van der Waals surface area contributed by atoms with Gasteiger partial charge in [-0.2, -0.15) is 0 Å². The number of carboxylic acid groups (broad SMARTS) is 2. The zero-order valence-corrected chi connectivity index (χ0v) is 6.99. The van der Waals surface area contributed by atoms with Crippen molar-refractivity contribution in [1.82, 2.24) is 0 Å². The molecule has 0 heterocycles. The highest BCUT2D eigenvalue weighted by atomic mass is 16.4.